The van der Waals surface area contributed by atoms with Crippen molar-refractivity contribution < 1.29 is 8.42 Å². The second kappa shape index (κ2) is 6.37. The summed E-state index contributed by atoms with van der Waals surface area (Å²) in [5.41, 5.74) is 0. The Morgan fingerprint density at radius 1 is 1.36 bits per heavy atom. The lowest BCUT2D eigenvalue weighted by Gasteiger charge is -2.16. The molecule has 4 nitrogen and oxygen atoms in total. The van der Waals surface area contributed by atoms with Crippen molar-refractivity contribution in [1.29, 1.82) is 0 Å². The summed E-state index contributed by atoms with van der Waals surface area (Å²) in [4.78, 5) is 2.12. The third-order valence-electron chi connectivity index (χ3n) is 1.97. The highest BCUT2D eigenvalue weighted by Gasteiger charge is 2.04. The van der Waals surface area contributed by atoms with Gasteiger partial charge >= 0.3 is 0 Å². The van der Waals surface area contributed by atoms with Crippen molar-refractivity contribution in [3.63, 3.8) is 0 Å². The average Bonchev–Trinajstić information content (AvgIpc) is 1.98. The van der Waals surface area contributed by atoms with Gasteiger partial charge in [-0.2, -0.15) is 0 Å². The first-order valence-corrected chi connectivity index (χ1v) is 6.93. The average molecular weight is 222 g/mol. The highest BCUT2D eigenvalue weighted by molar-refractivity contribution is 7.90. The molecule has 0 saturated carbocycles. The molecule has 0 heterocycles. The van der Waals surface area contributed by atoms with E-state index in [2.05, 4.69) is 17.1 Å². The van der Waals surface area contributed by atoms with Gasteiger partial charge in [0.05, 0.1) is 5.75 Å². The minimum Gasteiger partial charge on any atom is -0.313 e. The number of hydrogen-bond acceptors (Lipinski definition) is 4. The molecule has 0 aliphatic heterocycles. The van der Waals surface area contributed by atoms with Crippen LogP contribution in [0.15, 0.2) is 0 Å². The Hall–Kier alpha value is -0.130. The number of rotatable bonds is 7. The van der Waals surface area contributed by atoms with Gasteiger partial charge in [0.1, 0.15) is 9.84 Å². The number of nitrogens with zero attached hydrogens (tertiary/aromatic N) is 1. The summed E-state index contributed by atoms with van der Waals surface area (Å²) in [6.45, 7) is 3.65. The molecule has 0 amide bonds. The van der Waals surface area contributed by atoms with Crippen molar-refractivity contribution in [2.45, 2.75) is 19.4 Å². The molecule has 0 aromatic heterocycles. The fraction of sp³-hybridized carbons (Fsp3) is 1.00. The number of sulfone groups is 1. The van der Waals surface area contributed by atoms with E-state index in [4.69, 9.17) is 0 Å². The molecular formula is C9H22N2O2S. The maximum Gasteiger partial charge on any atom is 0.148 e. The van der Waals surface area contributed by atoms with Crippen LogP contribution in [-0.4, -0.2) is 58.6 Å². The molecule has 0 aliphatic rings. The molecule has 0 saturated heterocycles. The molecule has 0 bridgehead atoms. The van der Waals surface area contributed by atoms with Gasteiger partial charge in [0, 0.05) is 18.8 Å². The maximum absolute atomic E-state index is 10.8. The zero-order valence-corrected chi connectivity index (χ0v) is 10.4. The minimum atomic E-state index is -2.82. The lowest BCUT2D eigenvalue weighted by Crippen LogP contribution is -2.33. The monoisotopic (exact) mass is 222 g/mol. The van der Waals surface area contributed by atoms with E-state index in [1.54, 1.807) is 0 Å². The van der Waals surface area contributed by atoms with Crippen molar-refractivity contribution in [3.8, 4) is 0 Å². The van der Waals surface area contributed by atoms with Gasteiger partial charge in [0.2, 0.25) is 0 Å². The molecule has 14 heavy (non-hydrogen) atoms. The molecule has 0 spiro atoms. The molecule has 0 aliphatic carbocycles. The molecule has 1 N–H and O–H groups in total. The van der Waals surface area contributed by atoms with Crippen molar-refractivity contribution >= 4 is 9.84 Å². The molecular weight excluding hydrogens is 200 g/mol. The fourth-order valence-electron chi connectivity index (χ4n) is 1.04. The lowest BCUT2D eigenvalue weighted by molar-refractivity contribution is 0.368. The first kappa shape index (κ1) is 13.9. The van der Waals surface area contributed by atoms with E-state index in [1.807, 2.05) is 14.1 Å². The smallest absolute Gasteiger partial charge is 0.148 e. The van der Waals surface area contributed by atoms with Gasteiger partial charge in [-0.25, -0.2) is 8.42 Å². The largest absolute Gasteiger partial charge is 0.313 e. The summed E-state index contributed by atoms with van der Waals surface area (Å²) < 4.78 is 21.7. The topological polar surface area (TPSA) is 49.4 Å². The molecule has 0 rings (SSSR count). The lowest BCUT2D eigenvalue weighted by atomic mass is 10.2. The first-order chi connectivity index (χ1) is 6.31. The molecule has 86 valence electrons. The molecule has 0 radical (unpaired) electrons. The highest BCUT2D eigenvalue weighted by Crippen LogP contribution is 1.92. The summed E-state index contributed by atoms with van der Waals surface area (Å²) in [6.07, 6.45) is 2.30. The van der Waals surface area contributed by atoms with Crippen LogP contribution in [0.4, 0.5) is 0 Å². The summed E-state index contributed by atoms with van der Waals surface area (Å²) in [6, 6.07) is 0.374. The predicted octanol–water partition coefficient (Wildman–Crippen LogP) is -0.0392. The van der Waals surface area contributed by atoms with Gasteiger partial charge in [-0.1, -0.05) is 0 Å². The predicted molar refractivity (Wildman–Crippen MR) is 60.3 cm³/mol. The Bertz CT molecular complexity index is 237. The maximum atomic E-state index is 10.8. The van der Waals surface area contributed by atoms with Gasteiger partial charge in [-0.05, 0) is 34.0 Å². The zero-order chi connectivity index (χ0) is 11.2. The normalized spacial score (nSPS) is 14.6. The molecule has 1 unspecified atom stereocenters. The van der Waals surface area contributed by atoms with Crippen LogP contribution in [0.2, 0.25) is 0 Å². The van der Waals surface area contributed by atoms with Crippen molar-refractivity contribution in [3.05, 3.63) is 0 Å². The second-order valence-electron chi connectivity index (χ2n) is 4.08. The van der Waals surface area contributed by atoms with E-state index in [1.165, 1.54) is 6.26 Å². The van der Waals surface area contributed by atoms with Gasteiger partial charge in [0.25, 0.3) is 0 Å². The number of nitrogens with one attached hydrogen (secondary N) is 1. The van der Waals surface area contributed by atoms with Crippen LogP contribution in [0.3, 0.4) is 0 Å². The zero-order valence-electron chi connectivity index (χ0n) is 9.58. The Labute approximate surface area is 87.6 Å². The molecule has 0 fully saturated rings. The molecule has 5 heteroatoms. The van der Waals surface area contributed by atoms with Gasteiger partial charge in [0.15, 0.2) is 0 Å². The Morgan fingerprint density at radius 3 is 2.36 bits per heavy atom. The van der Waals surface area contributed by atoms with Crippen LogP contribution < -0.4 is 5.32 Å². The Morgan fingerprint density at radius 2 is 1.93 bits per heavy atom. The summed E-state index contributed by atoms with van der Waals surface area (Å²) in [7, 11) is 1.24. The van der Waals surface area contributed by atoms with Gasteiger partial charge in [-0.3, -0.25) is 0 Å². The second-order valence-corrected chi connectivity index (χ2v) is 6.34. The first-order valence-electron chi connectivity index (χ1n) is 4.87. The Balaban J connectivity index is 3.50. The van der Waals surface area contributed by atoms with E-state index in [9.17, 15) is 8.42 Å². The van der Waals surface area contributed by atoms with Crippen LogP contribution in [0, 0.1) is 0 Å². The number of hydrogen-bond donors (Lipinski definition) is 1. The summed E-state index contributed by atoms with van der Waals surface area (Å²) >= 11 is 0. The standard InChI is InChI=1S/C9H22N2O2S/c1-9(5-7-11(2)3)10-6-8-14(4,12)13/h9-10H,5-8H2,1-4H3. The summed E-state index contributed by atoms with van der Waals surface area (Å²) in [5, 5.41) is 3.19. The molecule has 0 aromatic carbocycles. The van der Waals surface area contributed by atoms with Crippen LogP contribution in [0.5, 0.6) is 0 Å². The fourth-order valence-corrected chi connectivity index (χ4v) is 1.53. The third kappa shape index (κ3) is 9.95. The van der Waals surface area contributed by atoms with Crippen LogP contribution in [-0.2, 0) is 9.84 Å². The Kier molecular flexibility index (Phi) is 6.31. The van der Waals surface area contributed by atoms with E-state index in [-0.39, 0.29) is 5.75 Å². The van der Waals surface area contributed by atoms with E-state index >= 15 is 0 Å². The van der Waals surface area contributed by atoms with Crippen LogP contribution in [0.25, 0.3) is 0 Å². The SMILES string of the molecule is CC(CCN(C)C)NCCS(C)(=O)=O. The van der Waals surface area contributed by atoms with Crippen molar-refractivity contribution in [2.24, 2.45) is 0 Å². The van der Waals surface area contributed by atoms with Gasteiger partial charge < -0.3 is 10.2 Å². The van der Waals surface area contributed by atoms with Crippen molar-refractivity contribution in [2.75, 3.05) is 39.2 Å². The van der Waals surface area contributed by atoms with Gasteiger partial charge in [-0.15, -0.1) is 0 Å². The molecule has 1 atom stereocenters. The quantitative estimate of drug-likeness (QED) is 0.657. The highest BCUT2D eigenvalue weighted by atomic mass is 32.2. The minimum absolute atomic E-state index is 0.222. The van der Waals surface area contributed by atoms with E-state index in [0.717, 1.165) is 13.0 Å². The third-order valence-corrected chi connectivity index (χ3v) is 2.92. The molecule has 0 aromatic rings. The van der Waals surface area contributed by atoms with E-state index < -0.39 is 9.84 Å². The van der Waals surface area contributed by atoms with Crippen molar-refractivity contribution in [1.82, 2.24) is 10.2 Å². The van der Waals surface area contributed by atoms with E-state index in [0.29, 0.717) is 12.6 Å². The van der Waals surface area contributed by atoms with Crippen LogP contribution in [0.1, 0.15) is 13.3 Å². The summed E-state index contributed by atoms with van der Waals surface area (Å²) in [5.74, 6) is 0.222. The van der Waals surface area contributed by atoms with Crippen LogP contribution >= 0.6 is 0 Å².